The van der Waals surface area contributed by atoms with E-state index in [9.17, 15) is 14.0 Å². The van der Waals surface area contributed by atoms with Crippen molar-refractivity contribution < 1.29 is 18.7 Å². The molecule has 0 saturated heterocycles. The maximum Gasteiger partial charge on any atom is 0.255 e. The second kappa shape index (κ2) is 9.87. The van der Waals surface area contributed by atoms with Crippen molar-refractivity contribution >= 4 is 17.9 Å². The minimum atomic E-state index is -0.538. The van der Waals surface area contributed by atoms with Crippen LogP contribution in [-0.2, 0) is 9.59 Å². The number of nitrogens with one attached hydrogen (secondary N) is 1. The first-order valence-electron chi connectivity index (χ1n) is 9.76. The molecule has 0 bridgehead atoms. The smallest absolute Gasteiger partial charge is 0.255 e. The van der Waals surface area contributed by atoms with E-state index in [1.807, 2.05) is 0 Å². The number of amides is 2. The number of hydrogen-bond acceptors (Lipinski definition) is 3. The maximum atomic E-state index is 13.3. The average Bonchev–Trinajstić information content (AvgIpc) is 3.25. The van der Waals surface area contributed by atoms with Gasteiger partial charge in [0.1, 0.15) is 11.6 Å². The van der Waals surface area contributed by atoms with Gasteiger partial charge in [0.2, 0.25) is 5.91 Å². The van der Waals surface area contributed by atoms with E-state index in [0.29, 0.717) is 11.7 Å². The Labute approximate surface area is 169 Å². The second-order valence-electron chi connectivity index (χ2n) is 7.24. The number of primary amides is 1. The number of carbonyl (C=O) groups excluding carboxylic acids is 2. The molecule has 6 heteroatoms. The van der Waals surface area contributed by atoms with Gasteiger partial charge in [-0.05, 0) is 60.2 Å². The third-order valence-electron chi connectivity index (χ3n) is 5.09. The van der Waals surface area contributed by atoms with E-state index in [0.717, 1.165) is 36.8 Å². The van der Waals surface area contributed by atoms with Crippen LogP contribution in [0.4, 0.5) is 4.39 Å². The Bertz CT molecular complexity index is 857. The highest BCUT2D eigenvalue weighted by Gasteiger charge is 2.27. The van der Waals surface area contributed by atoms with Crippen molar-refractivity contribution in [2.75, 3.05) is 6.61 Å². The van der Waals surface area contributed by atoms with Crippen LogP contribution in [0.25, 0.3) is 6.08 Å². The number of rotatable bonds is 8. The van der Waals surface area contributed by atoms with Crippen molar-refractivity contribution in [3.05, 3.63) is 71.6 Å². The Balaban J connectivity index is 1.63. The number of benzene rings is 2. The summed E-state index contributed by atoms with van der Waals surface area (Å²) in [6.07, 6.45) is 7.61. The molecule has 152 valence electrons. The summed E-state index contributed by atoms with van der Waals surface area (Å²) in [5.41, 5.74) is 6.80. The zero-order chi connectivity index (χ0) is 20.6. The topological polar surface area (TPSA) is 81.4 Å². The van der Waals surface area contributed by atoms with Crippen molar-refractivity contribution in [1.29, 1.82) is 0 Å². The molecule has 1 atom stereocenters. The van der Waals surface area contributed by atoms with Crippen molar-refractivity contribution in [2.24, 2.45) is 11.7 Å². The lowest BCUT2D eigenvalue weighted by atomic mass is 9.91. The maximum absolute atomic E-state index is 13.3. The zero-order valence-electron chi connectivity index (χ0n) is 16.1. The highest BCUT2D eigenvalue weighted by atomic mass is 19.1. The second-order valence-corrected chi connectivity index (χ2v) is 7.24. The van der Waals surface area contributed by atoms with Crippen LogP contribution in [0, 0.1) is 11.7 Å². The normalized spacial score (nSPS) is 15.3. The van der Waals surface area contributed by atoms with Crippen molar-refractivity contribution in [3.8, 4) is 5.75 Å². The molecule has 5 nitrogen and oxygen atoms in total. The summed E-state index contributed by atoms with van der Waals surface area (Å²) < 4.78 is 18.5. The van der Waals surface area contributed by atoms with E-state index in [1.165, 1.54) is 18.2 Å². The van der Waals surface area contributed by atoms with E-state index in [4.69, 9.17) is 10.5 Å². The molecule has 2 aromatic carbocycles. The van der Waals surface area contributed by atoms with Crippen LogP contribution in [0.5, 0.6) is 5.75 Å². The third-order valence-corrected chi connectivity index (χ3v) is 5.09. The Morgan fingerprint density at radius 2 is 1.76 bits per heavy atom. The van der Waals surface area contributed by atoms with Crippen LogP contribution >= 0.6 is 0 Å². The van der Waals surface area contributed by atoms with Gasteiger partial charge < -0.3 is 15.8 Å². The minimum Gasteiger partial charge on any atom is -0.484 e. The van der Waals surface area contributed by atoms with Gasteiger partial charge in [-0.3, -0.25) is 9.59 Å². The first-order chi connectivity index (χ1) is 14.0. The molecule has 0 aromatic heterocycles. The van der Waals surface area contributed by atoms with E-state index >= 15 is 0 Å². The number of hydrogen-bond donors (Lipinski definition) is 2. The van der Waals surface area contributed by atoms with Gasteiger partial charge in [-0.2, -0.15) is 0 Å². The van der Waals surface area contributed by atoms with E-state index in [1.54, 1.807) is 42.5 Å². The first-order valence-corrected chi connectivity index (χ1v) is 9.76. The fourth-order valence-electron chi connectivity index (χ4n) is 3.64. The summed E-state index contributed by atoms with van der Waals surface area (Å²) in [5, 5.41) is 3.08. The van der Waals surface area contributed by atoms with Gasteiger partial charge in [-0.1, -0.05) is 37.1 Å². The van der Waals surface area contributed by atoms with Gasteiger partial charge in [-0.15, -0.1) is 0 Å². The largest absolute Gasteiger partial charge is 0.484 e. The molecule has 0 spiro atoms. The number of nitrogens with two attached hydrogens (primary N) is 1. The monoisotopic (exact) mass is 396 g/mol. The van der Waals surface area contributed by atoms with Crippen LogP contribution in [-0.4, -0.2) is 18.4 Å². The lowest BCUT2D eigenvalue weighted by Gasteiger charge is -2.24. The molecule has 1 aliphatic carbocycles. The highest BCUT2D eigenvalue weighted by molar-refractivity contribution is 5.92. The quantitative estimate of drug-likeness (QED) is 0.667. The minimum absolute atomic E-state index is 0.125. The predicted molar refractivity (Wildman–Crippen MR) is 109 cm³/mol. The molecule has 0 aliphatic heterocycles. The van der Waals surface area contributed by atoms with Gasteiger partial charge in [0.15, 0.2) is 6.61 Å². The lowest BCUT2D eigenvalue weighted by Crippen LogP contribution is -2.31. The SMILES string of the molecule is NC(=O)COc1ccc(C=CC(=O)NC(c2ccc(F)cc2)C2CCCC2)cc1. The van der Waals surface area contributed by atoms with Gasteiger partial charge in [0.25, 0.3) is 5.91 Å². The Kier molecular flexibility index (Phi) is 7.00. The number of ether oxygens (including phenoxy) is 1. The molecule has 2 aromatic rings. The van der Waals surface area contributed by atoms with Crippen LogP contribution < -0.4 is 15.8 Å². The zero-order valence-corrected chi connectivity index (χ0v) is 16.1. The summed E-state index contributed by atoms with van der Waals surface area (Å²) in [5.74, 6) is -0.125. The van der Waals surface area contributed by atoms with Gasteiger partial charge in [0, 0.05) is 6.08 Å². The molecule has 2 amide bonds. The number of halogens is 1. The molecule has 29 heavy (non-hydrogen) atoms. The summed E-state index contributed by atoms with van der Waals surface area (Å²) in [6.45, 7) is -0.177. The molecule has 1 aliphatic rings. The summed E-state index contributed by atoms with van der Waals surface area (Å²) >= 11 is 0. The van der Waals surface area contributed by atoms with Crippen molar-refractivity contribution in [1.82, 2.24) is 5.32 Å². The van der Waals surface area contributed by atoms with Crippen molar-refractivity contribution in [2.45, 2.75) is 31.7 Å². The van der Waals surface area contributed by atoms with Gasteiger partial charge >= 0.3 is 0 Å². The lowest BCUT2D eigenvalue weighted by molar-refractivity contribution is -0.120. The Hall–Kier alpha value is -3.15. The fourth-order valence-corrected chi connectivity index (χ4v) is 3.64. The van der Waals surface area contributed by atoms with Gasteiger partial charge in [-0.25, -0.2) is 4.39 Å². The molecule has 3 N–H and O–H groups in total. The van der Waals surface area contributed by atoms with E-state index < -0.39 is 5.91 Å². The van der Waals surface area contributed by atoms with E-state index in [-0.39, 0.29) is 24.4 Å². The first kappa shape index (κ1) is 20.6. The van der Waals surface area contributed by atoms with E-state index in [2.05, 4.69) is 5.32 Å². The van der Waals surface area contributed by atoms with Crippen LogP contribution in [0.15, 0.2) is 54.6 Å². The molecular formula is C23H25FN2O3. The Morgan fingerprint density at radius 3 is 2.38 bits per heavy atom. The summed E-state index contributed by atoms with van der Waals surface area (Å²) in [6, 6.07) is 13.2. The average molecular weight is 396 g/mol. The molecule has 0 radical (unpaired) electrons. The van der Waals surface area contributed by atoms with Gasteiger partial charge in [0.05, 0.1) is 6.04 Å². The summed E-state index contributed by atoms with van der Waals surface area (Å²) in [7, 11) is 0. The van der Waals surface area contributed by atoms with Crippen LogP contribution in [0.1, 0.15) is 42.9 Å². The van der Waals surface area contributed by atoms with Crippen LogP contribution in [0.2, 0.25) is 0 Å². The summed E-state index contributed by atoms with van der Waals surface area (Å²) in [4.78, 5) is 23.3. The van der Waals surface area contributed by atoms with Crippen molar-refractivity contribution in [3.63, 3.8) is 0 Å². The fraction of sp³-hybridized carbons (Fsp3) is 0.304. The molecular weight excluding hydrogens is 371 g/mol. The molecule has 1 saturated carbocycles. The molecule has 0 heterocycles. The third kappa shape index (κ3) is 6.17. The Morgan fingerprint density at radius 1 is 1.10 bits per heavy atom. The number of carbonyl (C=O) groups is 2. The standard InChI is InChI=1S/C23H25FN2O3/c24-19-10-8-18(9-11-19)23(17-3-1-2-4-17)26-22(28)14-7-16-5-12-20(13-6-16)29-15-21(25)27/h5-14,17,23H,1-4,15H2,(H2,25,27)(H,26,28). The molecule has 3 rings (SSSR count). The van der Waals surface area contributed by atoms with Crippen LogP contribution in [0.3, 0.4) is 0 Å². The molecule has 1 fully saturated rings. The predicted octanol–water partition coefficient (Wildman–Crippen LogP) is 3.75. The molecule has 1 unspecified atom stereocenters. The highest BCUT2D eigenvalue weighted by Crippen LogP contribution is 2.35.